The molecule has 2 heterocycles. The number of piperazine rings is 1. The number of carbonyl (C=O) groups is 3. The first-order chi connectivity index (χ1) is 14.9. The fraction of sp³-hybridized carbons (Fsp3) is 0.500. The van der Waals surface area contributed by atoms with Crippen LogP contribution in [0, 0.1) is 5.41 Å². The average Bonchev–Trinajstić information content (AvgIpc) is 3.14. The minimum absolute atomic E-state index is 0.0911. The number of amidine groups is 1. The van der Waals surface area contributed by atoms with Gasteiger partial charge in [0, 0.05) is 44.0 Å². The van der Waals surface area contributed by atoms with Crippen molar-refractivity contribution in [3.8, 4) is 0 Å². The first-order valence-electron chi connectivity index (χ1n) is 9.93. The predicted octanol–water partition coefficient (Wildman–Crippen LogP) is 0.484. The summed E-state index contributed by atoms with van der Waals surface area (Å²) in [6, 6.07) is 6.71. The molecule has 2 N–H and O–H groups in total. The fourth-order valence-electron chi connectivity index (χ4n) is 3.53. The van der Waals surface area contributed by atoms with Gasteiger partial charge in [-0.15, -0.1) is 0 Å². The first-order valence-corrected chi connectivity index (χ1v) is 9.93. The van der Waals surface area contributed by atoms with Crippen LogP contribution in [0.25, 0.3) is 0 Å². The van der Waals surface area contributed by atoms with Crippen molar-refractivity contribution in [3.63, 3.8) is 0 Å². The quantitative estimate of drug-likeness (QED) is 0.287. The summed E-state index contributed by atoms with van der Waals surface area (Å²) in [5.41, 5.74) is 1.15. The summed E-state index contributed by atoms with van der Waals surface area (Å²) in [6.45, 7) is 4.43. The Hall–Kier alpha value is -3.18. The number of methoxy groups -OCH3 is 2. The normalized spacial score (nSPS) is 19.6. The van der Waals surface area contributed by atoms with E-state index in [-0.39, 0.29) is 17.9 Å². The number of ether oxygens (including phenoxy) is 3. The van der Waals surface area contributed by atoms with Crippen molar-refractivity contribution in [1.82, 2.24) is 15.1 Å². The molecule has 0 saturated carbocycles. The SMILES string of the molecule is COC(=O)CN1CCN(C[C@H]2CN(c3ccc(C(=N)NC(=O)OC)cc3)C(=O)O2)CC1. The number of cyclic esters (lactones) is 1. The summed E-state index contributed by atoms with van der Waals surface area (Å²) in [7, 11) is 2.61. The highest BCUT2D eigenvalue weighted by atomic mass is 16.6. The molecule has 0 radical (unpaired) electrons. The molecule has 2 amide bonds. The Morgan fingerprint density at radius 3 is 2.35 bits per heavy atom. The third-order valence-corrected chi connectivity index (χ3v) is 5.26. The van der Waals surface area contributed by atoms with Crippen LogP contribution in [0.2, 0.25) is 0 Å². The number of esters is 1. The van der Waals surface area contributed by atoms with Crippen molar-refractivity contribution >= 4 is 29.7 Å². The van der Waals surface area contributed by atoms with Gasteiger partial charge < -0.3 is 14.2 Å². The second-order valence-electron chi connectivity index (χ2n) is 7.31. The molecule has 2 saturated heterocycles. The summed E-state index contributed by atoms with van der Waals surface area (Å²) >= 11 is 0. The summed E-state index contributed by atoms with van der Waals surface area (Å²) < 4.78 is 14.7. The van der Waals surface area contributed by atoms with Crippen molar-refractivity contribution in [2.24, 2.45) is 0 Å². The Morgan fingerprint density at radius 2 is 1.74 bits per heavy atom. The van der Waals surface area contributed by atoms with Crippen LogP contribution in [0.1, 0.15) is 5.56 Å². The zero-order valence-corrected chi connectivity index (χ0v) is 17.6. The van der Waals surface area contributed by atoms with Crippen molar-refractivity contribution in [3.05, 3.63) is 29.8 Å². The Labute approximate surface area is 180 Å². The van der Waals surface area contributed by atoms with Crippen molar-refractivity contribution < 1.29 is 28.6 Å². The van der Waals surface area contributed by atoms with Crippen LogP contribution in [0.3, 0.4) is 0 Å². The van der Waals surface area contributed by atoms with Crippen LogP contribution < -0.4 is 10.2 Å². The second kappa shape index (κ2) is 10.2. The van der Waals surface area contributed by atoms with E-state index < -0.39 is 12.2 Å². The molecule has 0 aliphatic carbocycles. The monoisotopic (exact) mass is 433 g/mol. The number of hydrogen-bond acceptors (Lipinski definition) is 9. The van der Waals surface area contributed by atoms with Crippen LogP contribution in [-0.4, -0.2) is 99.9 Å². The number of amides is 2. The maximum absolute atomic E-state index is 12.3. The van der Waals surface area contributed by atoms with E-state index in [1.54, 1.807) is 29.2 Å². The molecule has 0 bridgehead atoms. The highest BCUT2D eigenvalue weighted by molar-refractivity contribution is 6.04. The topological polar surface area (TPSA) is 125 Å². The lowest BCUT2D eigenvalue weighted by Gasteiger charge is -2.34. The van der Waals surface area contributed by atoms with Gasteiger partial charge in [0.15, 0.2) is 0 Å². The van der Waals surface area contributed by atoms with Gasteiger partial charge in [-0.3, -0.25) is 30.2 Å². The molecule has 2 aliphatic rings. The largest absolute Gasteiger partial charge is 0.468 e. The van der Waals surface area contributed by atoms with Gasteiger partial charge in [0.05, 0.1) is 27.3 Å². The number of carbonyl (C=O) groups excluding carboxylic acids is 3. The van der Waals surface area contributed by atoms with E-state index in [1.165, 1.54) is 14.2 Å². The minimum Gasteiger partial charge on any atom is -0.468 e. The molecular weight excluding hydrogens is 406 g/mol. The van der Waals surface area contributed by atoms with Gasteiger partial charge in [0.2, 0.25) is 0 Å². The van der Waals surface area contributed by atoms with Gasteiger partial charge in [0.25, 0.3) is 0 Å². The van der Waals surface area contributed by atoms with Gasteiger partial charge in [-0.2, -0.15) is 0 Å². The van der Waals surface area contributed by atoms with Gasteiger partial charge in [-0.05, 0) is 24.3 Å². The Balaban J connectivity index is 1.50. The lowest BCUT2D eigenvalue weighted by molar-refractivity contribution is -0.142. The third-order valence-electron chi connectivity index (χ3n) is 5.26. The summed E-state index contributed by atoms with van der Waals surface area (Å²) in [5.74, 6) is -0.331. The number of nitrogens with one attached hydrogen (secondary N) is 2. The summed E-state index contributed by atoms with van der Waals surface area (Å²) in [6.07, 6.45) is -1.38. The number of rotatable bonds is 6. The van der Waals surface area contributed by atoms with E-state index in [0.29, 0.717) is 30.9 Å². The molecule has 2 aliphatic heterocycles. The van der Waals surface area contributed by atoms with Crippen LogP contribution in [0.15, 0.2) is 24.3 Å². The zero-order valence-electron chi connectivity index (χ0n) is 17.6. The van der Waals surface area contributed by atoms with Crippen LogP contribution >= 0.6 is 0 Å². The van der Waals surface area contributed by atoms with E-state index in [1.807, 2.05) is 4.90 Å². The van der Waals surface area contributed by atoms with Crippen molar-refractivity contribution in [2.75, 3.05) is 64.9 Å². The smallest absolute Gasteiger partial charge is 0.414 e. The third kappa shape index (κ3) is 5.92. The van der Waals surface area contributed by atoms with Gasteiger partial charge in [-0.25, -0.2) is 9.59 Å². The molecule has 168 valence electrons. The lowest BCUT2D eigenvalue weighted by Crippen LogP contribution is -2.50. The van der Waals surface area contributed by atoms with E-state index in [2.05, 4.69) is 15.0 Å². The predicted molar refractivity (Wildman–Crippen MR) is 111 cm³/mol. The summed E-state index contributed by atoms with van der Waals surface area (Å²) in [4.78, 5) is 40.8. The molecule has 1 aromatic rings. The number of nitrogens with zero attached hydrogens (tertiary/aromatic N) is 3. The standard InChI is InChI=1S/C20H27N5O6/c1-29-17(26)13-24-9-7-23(8-10-24)11-16-12-25(20(28)31-16)15-5-3-14(4-6-15)18(21)22-19(27)30-2/h3-6,16H,7-13H2,1-2H3,(H2,21,22,27)/t16-/m0/s1. The number of alkyl carbamates (subject to hydrolysis) is 1. The molecule has 3 rings (SSSR count). The molecule has 2 fully saturated rings. The number of benzene rings is 1. The van der Waals surface area contributed by atoms with E-state index in [0.717, 1.165) is 26.2 Å². The maximum Gasteiger partial charge on any atom is 0.414 e. The van der Waals surface area contributed by atoms with E-state index >= 15 is 0 Å². The number of anilines is 1. The molecule has 1 atom stereocenters. The zero-order chi connectivity index (χ0) is 22.4. The Kier molecular flexibility index (Phi) is 7.42. The van der Waals surface area contributed by atoms with Crippen LogP contribution in [0.4, 0.5) is 15.3 Å². The van der Waals surface area contributed by atoms with Crippen molar-refractivity contribution in [1.29, 1.82) is 5.41 Å². The van der Waals surface area contributed by atoms with Gasteiger partial charge in [-0.1, -0.05) is 0 Å². The Morgan fingerprint density at radius 1 is 1.10 bits per heavy atom. The van der Waals surface area contributed by atoms with Gasteiger partial charge in [0.1, 0.15) is 11.9 Å². The molecule has 31 heavy (non-hydrogen) atoms. The molecule has 1 aromatic carbocycles. The fourth-order valence-corrected chi connectivity index (χ4v) is 3.53. The highest BCUT2D eigenvalue weighted by Gasteiger charge is 2.34. The molecule has 11 heteroatoms. The Bertz CT molecular complexity index is 822. The minimum atomic E-state index is -0.717. The van der Waals surface area contributed by atoms with Gasteiger partial charge >= 0.3 is 18.2 Å². The van der Waals surface area contributed by atoms with Crippen molar-refractivity contribution in [2.45, 2.75) is 6.10 Å². The van der Waals surface area contributed by atoms with E-state index in [9.17, 15) is 14.4 Å². The highest BCUT2D eigenvalue weighted by Crippen LogP contribution is 2.23. The average molecular weight is 433 g/mol. The lowest BCUT2D eigenvalue weighted by atomic mass is 10.1. The second-order valence-corrected chi connectivity index (χ2v) is 7.31. The molecule has 0 spiro atoms. The number of hydrogen-bond donors (Lipinski definition) is 2. The summed E-state index contributed by atoms with van der Waals surface area (Å²) in [5, 5.41) is 10.2. The van der Waals surface area contributed by atoms with E-state index in [4.69, 9.17) is 14.9 Å². The van der Waals surface area contributed by atoms with Crippen LogP contribution in [-0.2, 0) is 19.0 Å². The molecule has 0 unspecified atom stereocenters. The maximum atomic E-state index is 12.3. The molecule has 11 nitrogen and oxygen atoms in total. The van der Waals surface area contributed by atoms with Crippen LogP contribution in [0.5, 0.6) is 0 Å². The molecule has 0 aromatic heterocycles. The first kappa shape index (κ1) is 22.5. The molecular formula is C20H27N5O6.